The molecular formula is C14H11BrN2O2. The predicted molar refractivity (Wildman–Crippen MR) is 77.4 cm³/mol. The summed E-state index contributed by atoms with van der Waals surface area (Å²) in [5, 5.41) is 10.1. The van der Waals surface area contributed by atoms with E-state index in [2.05, 4.69) is 20.9 Å². The van der Waals surface area contributed by atoms with E-state index in [1.807, 2.05) is 35.9 Å². The number of aromatic amines is 1. The molecule has 2 heterocycles. The highest BCUT2D eigenvalue weighted by Crippen LogP contribution is 2.28. The lowest BCUT2D eigenvalue weighted by Gasteiger charge is -2.02. The van der Waals surface area contributed by atoms with Crippen molar-refractivity contribution in [1.82, 2.24) is 9.55 Å². The van der Waals surface area contributed by atoms with Gasteiger partial charge in [-0.3, -0.25) is 0 Å². The van der Waals surface area contributed by atoms with Crippen molar-refractivity contribution >= 4 is 32.8 Å². The number of aromatic nitrogens is 2. The molecule has 2 N–H and O–H groups in total. The quantitative estimate of drug-likeness (QED) is 0.758. The lowest BCUT2D eigenvalue weighted by Crippen LogP contribution is -1.96. The second-order valence-electron chi connectivity index (χ2n) is 4.38. The Balaban J connectivity index is 2.18. The van der Waals surface area contributed by atoms with Crippen LogP contribution in [0.25, 0.3) is 22.3 Å². The fourth-order valence-corrected chi connectivity index (χ4v) is 2.63. The van der Waals surface area contributed by atoms with Gasteiger partial charge in [-0.1, -0.05) is 15.9 Å². The predicted octanol–water partition coefficient (Wildman–Crippen LogP) is 3.63. The maximum atomic E-state index is 10.9. The Kier molecular flexibility index (Phi) is 2.71. The summed E-state index contributed by atoms with van der Waals surface area (Å²) in [6, 6.07) is 11.5. The SMILES string of the molecule is Cn1c(-c2ccc(C(=O)O)[nH]2)cc2cc(Br)ccc21. The minimum Gasteiger partial charge on any atom is -0.477 e. The largest absolute Gasteiger partial charge is 0.477 e. The third kappa shape index (κ3) is 1.96. The van der Waals surface area contributed by atoms with Crippen LogP contribution in [-0.2, 0) is 7.05 Å². The summed E-state index contributed by atoms with van der Waals surface area (Å²) in [5.41, 5.74) is 3.05. The first-order valence-corrected chi connectivity index (χ1v) is 6.53. The van der Waals surface area contributed by atoms with Gasteiger partial charge in [0.2, 0.25) is 0 Å². The Hall–Kier alpha value is -2.01. The Bertz CT molecular complexity index is 786. The number of fused-ring (bicyclic) bond motifs is 1. The Morgan fingerprint density at radius 2 is 2.05 bits per heavy atom. The molecule has 0 fully saturated rings. The monoisotopic (exact) mass is 318 g/mol. The van der Waals surface area contributed by atoms with Crippen molar-refractivity contribution in [2.24, 2.45) is 7.05 Å². The summed E-state index contributed by atoms with van der Waals surface area (Å²) in [5.74, 6) is -0.951. The molecule has 0 unspecified atom stereocenters. The summed E-state index contributed by atoms with van der Waals surface area (Å²) < 4.78 is 3.06. The molecule has 0 amide bonds. The van der Waals surface area contributed by atoms with Crippen molar-refractivity contribution in [2.75, 3.05) is 0 Å². The summed E-state index contributed by atoms with van der Waals surface area (Å²) in [6.45, 7) is 0. The van der Waals surface area contributed by atoms with E-state index in [0.717, 1.165) is 26.8 Å². The van der Waals surface area contributed by atoms with Crippen LogP contribution in [-0.4, -0.2) is 20.6 Å². The number of aryl methyl sites for hydroxylation is 1. The lowest BCUT2D eigenvalue weighted by atomic mass is 10.2. The molecule has 0 aliphatic carbocycles. The molecule has 19 heavy (non-hydrogen) atoms. The normalized spacial score (nSPS) is 11.1. The molecule has 0 aliphatic rings. The van der Waals surface area contributed by atoms with Crippen molar-refractivity contribution in [3.05, 3.63) is 46.6 Å². The van der Waals surface area contributed by atoms with Gasteiger partial charge in [-0.2, -0.15) is 0 Å². The van der Waals surface area contributed by atoms with Crippen LogP contribution < -0.4 is 0 Å². The highest BCUT2D eigenvalue weighted by Gasteiger charge is 2.12. The molecule has 3 aromatic rings. The summed E-state index contributed by atoms with van der Waals surface area (Å²) >= 11 is 3.45. The van der Waals surface area contributed by atoms with Crippen LogP contribution in [0.3, 0.4) is 0 Å². The molecule has 96 valence electrons. The van der Waals surface area contributed by atoms with Crippen LogP contribution in [0.2, 0.25) is 0 Å². The number of nitrogens with one attached hydrogen (secondary N) is 1. The highest BCUT2D eigenvalue weighted by molar-refractivity contribution is 9.10. The number of benzene rings is 1. The average Bonchev–Trinajstić information content (AvgIpc) is 2.94. The zero-order valence-corrected chi connectivity index (χ0v) is 11.7. The minimum absolute atomic E-state index is 0.196. The van der Waals surface area contributed by atoms with Gasteiger partial charge in [0.05, 0.1) is 11.4 Å². The summed E-state index contributed by atoms with van der Waals surface area (Å²) in [6.07, 6.45) is 0. The number of carboxylic acids is 1. The number of carboxylic acid groups (broad SMARTS) is 1. The number of hydrogen-bond donors (Lipinski definition) is 2. The molecule has 1 aromatic carbocycles. The number of aromatic carboxylic acids is 1. The second kappa shape index (κ2) is 4.28. The summed E-state index contributed by atoms with van der Waals surface area (Å²) in [7, 11) is 1.97. The van der Waals surface area contributed by atoms with Crippen molar-refractivity contribution in [3.63, 3.8) is 0 Å². The zero-order valence-electron chi connectivity index (χ0n) is 10.1. The van der Waals surface area contributed by atoms with Crippen LogP contribution in [0.5, 0.6) is 0 Å². The molecule has 4 nitrogen and oxygen atoms in total. The van der Waals surface area contributed by atoms with E-state index in [9.17, 15) is 4.79 Å². The first-order chi connectivity index (χ1) is 9.06. The van der Waals surface area contributed by atoms with E-state index in [-0.39, 0.29) is 5.69 Å². The molecule has 0 bridgehead atoms. The average molecular weight is 319 g/mol. The molecule has 5 heteroatoms. The summed E-state index contributed by atoms with van der Waals surface area (Å²) in [4.78, 5) is 13.8. The maximum Gasteiger partial charge on any atom is 0.352 e. The standard InChI is InChI=1S/C14H11BrN2O2/c1-17-12-5-2-9(15)6-8(12)7-13(17)10-3-4-11(16-10)14(18)19/h2-7,16H,1H3,(H,18,19). The van der Waals surface area contributed by atoms with Crippen LogP contribution in [0.15, 0.2) is 40.9 Å². The maximum absolute atomic E-state index is 10.9. The molecule has 0 atom stereocenters. The van der Waals surface area contributed by atoms with Gasteiger partial charge in [-0.15, -0.1) is 0 Å². The third-order valence-electron chi connectivity index (χ3n) is 3.20. The smallest absolute Gasteiger partial charge is 0.352 e. The third-order valence-corrected chi connectivity index (χ3v) is 3.69. The van der Waals surface area contributed by atoms with E-state index in [4.69, 9.17) is 5.11 Å². The van der Waals surface area contributed by atoms with E-state index in [1.54, 1.807) is 12.1 Å². The number of rotatable bonds is 2. The van der Waals surface area contributed by atoms with Crippen LogP contribution in [0.1, 0.15) is 10.5 Å². The highest BCUT2D eigenvalue weighted by atomic mass is 79.9. The van der Waals surface area contributed by atoms with Crippen molar-refractivity contribution in [2.45, 2.75) is 0 Å². The van der Waals surface area contributed by atoms with E-state index in [1.165, 1.54) is 0 Å². The number of hydrogen-bond acceptors (Lipinski definition) is 1. The first-order valence-electron chi connectivity index (χ1n) is 5.74. The first kappa shape index (κ1) is 12.0. The molecule has 3 rings (SSSR count). The molecule has 0 radical (unpaired) electrons. The molecule has 0 aliphatic heterocycles. The van der Waals surface area contributed by atoms with E-state index >= 15 is 0 Å². The fourth-order valence-electron chi connectivity index (χ4n) is 2.25. The Labute approximate surface area is 117 Å². The molecule has 2 aromatic heterocycles. The van der Waals surface area contributed by atoms with Gasteiger partial charge in [-0.05, 0) is 36.4 Å². The van der Waals surface area contributed by atoms with Gasteiger partial charge in [0, 0.05) is 22.4 Å². The Morgan fingerprint density at radius 1 is 1.26 bits per heavy atom. The van der Waals surface area contributed by atoms with Crippen molar-refractivity contribution in [1.29, 1.82) is 0 Å². The fraction of sp³-hybridized carbons (Fsp3) is 0.0714. The van der Waals surface area contributed by atoms with Gasteiger partial charge >= 0.3 is 5.97 Å². The second-order valence-corrected chi connectivity index (χ2v) is 5.30. The zero-order chi connectivity index (χ0) is 13.6. The number of nitrogens with zero attached hydrogens (tertiary/aromatic N) is 1. The minimum atomic E-state index is -0.951. The van der Waals surface area contributed by atoms with Crippen molar-refractivity contribution < 1.29 is 9.90 Å². The molecular weight excluding hydrogens is 308 g/mol. The van der Waals surface area contributed by atoms with Gasteiger partial charge in [0.15, 0.2) is 0 Å². The van der Waals surface area contributed by atoms with E-state index in [0.29, 0.717) is 0 Å². The Morgan fingerprint density at radius 3 is 2.74 bits per heavy atom. The van der Waals surface area contributed by atoms with Gasteiger partial charge < -0.3 is 14.7 Å². The molecule has 0 saturated carbocycles. The number of carbonyl (C=O) groups is 1. The van der Waals surface area contributed by atoms with Gasteiger partial charge in [0.25, 0.3) is 0 Å². The molecule has 0 spiro atoms. The van der Waals surface area contributed by atoms with Crippen LogP contribution in [0.4, 0.5) is 0 Å². The lowest BCUT2D eigenvalue weighted by molar-refractivity contribution is 0.0691. The van der Waals surface area contributed by atoms with Gasteiger partial charge in [0.1, 0.15) is 5.69 Å². The van der Waals surface area contributed by atoms with Crippen LogP contribution >= 0.6 is 15.9 Å². The van der Waals surface area contributed by atoms with Crippen LogP contribution in [0, 0.1) is 0 Å². The molecule has 0 saturated heterocycles. The van der Waals surface area contributed by atoms with Crippen molar-refractivity contribution in [3.8, 4) is 11.4 Å². The number of H-pyrrole nitrogens is 1. The number of halogens is 1. The van der Waals surface area contributed by atoms with Gasteiger partial charge in [-0.25, -0.2) is 4.79 Å². The van der Waals surface area contributed by atoms with E-state index < -0.39 is 5.97 Å². The topological polar surface area (TPSA) is 58.0 Å².